The highest BCUT2D eigenvalue weighted by atomic mass is 32.1. The van der Waals surface area contributed by atoms with Crippen molar-refractivity contribution in [2.24, 2.45) is 5.92 Å². The molecule has 158 valence electrons. The standard InChI is InChI=1S/C21H21F3N4OS/c1-27(13-14-6-2-3-7-14)20(29)18-25-19(17-10-5-11-30-17)28(26-18)16-9-4-8-15(12-16)21(22,23)24/h4-5,8-12,14H,2-3,6-7,13H2,1H3. The minimum atomic E-state index is -4.47. The van der Waals surface area contributed by atoms with Crippen LogP contribution in [0.5, 0.6) is 0 Å². The molecule has 1 fully saturated rings. The Kier molecular flexibility index (Phi) is 5.64. The van der Waals surface area contributed by atoms with Crippen molar-refractivity contribution in [3.05, 3.63) is 53.2 Å². The van der Waals surface area contributed by atoms with Crippen LogP contribution < -0.4 is 0 Å². The molecule has 2 aromatic heterocycles. The summed E-state index contributed by atoms with van der Waals surface area (Å²) in [5.41, 5.74) is -0.572. The average Bonchev–Trinajstić information content (AvgIpc) is 3.47. The monoisotopic (exact) mass is 434 g/mol. The maximum absolute atomic E-state index is 13.2. The van der Waals surface area contributed by atoms with Crippen LogP contribution in [-0.2, 0) is 6.18 Å². The van der Waals surface area contributed by atoms with E-state index < -0.39 is 11.7 Å². The van der Waals surface area contributed by atoms with Gasteiger partial charge in [0.2, 0.25) is 5.82 Å². The van der Waals surface area contributed by atoms with Gasteiger partial charge in [0, 0.05) is 13.6 Å². The summed E-state index contributed by atoms with van der Waals surface area (Å²) in [6, 6.07) is 8.49. The van der Waals surface area contributed by atoms with Crippen LogP contribution in [-0.4, -0.2) is 39.2 Å². The average molecular weight is 434 g/mol. The Hall–Kier alpha value is -2.68. The number of nitrogens with zero attached hydrogens (tertiary/aromatic N) is 4. The van der Waals surface area contributed by atoms with Gasteiger partial charge in [-0.15, -0.1) is 16.4 Å². The van der Waals surface area contributed by atoms with E-state index in [-0.39, 0.29) is 17.4 Å². The largest absolute Gasteiger partial charge is 0.416 e. The second kappa shape index (κ2) is 8.22. The van der Waals surface area contributed by atoms with Crippen LogP contribution in [0.2, 0.25) is 0 Å². The van der Waals surface area contributed by atoms with Crippen LogP contribution in [0.1, 0.15) is 41.9 Å². The second-order valence-corrected chi connectivity index (χ2v) is 8.48. The smallest absolute Gasteiger partial charge is 0.339 e. The van der Waals surface area contributed by atoms with E-state index >= 15 is 0 Å². The van der Waals surface area contributed by atoms with Gasteiger partial charge in [-0.2, -0.15) is 13.2 Å². The molecule has 0 saturated heterocycles. The van der Waals surface area contributed by atoms with Crippen LogP contribution in [0.15, 0.2) is 41.8 Å². The first-order valence-electron chi connectivity index (χ1n) is 9.77. The molecule has 1 aliphatic carbocycles. The third-order valence-electron chi connectivity index (χ3n) is 5.31. The SMILES string of the molecule is CN(CC1CCCC1)C(=O)c1nc(-c2cccs2)n(-c2cccc(C(F)(F)F)c2)n1. The number of thiophene rings is 1. The Morgan fingerprint density at radius 2 is 2.00 bits per heavy atom. The number of hydrogen-bond donors (Lipinski definition) is 0. The number of benzene rings is 1. The Morgan fingerprint density at radius 1 is 1.23 bits per heavy atom. The summed E-state index contributed by atoms with van der Waals surface area (Å²) in [5, 5.41) is 6.15. The molecule has 1 aromatic carbocycles. The molecular formula is C21H21F3N4OS. The highest BCUT2D eigenvalue weighted by Gasteiger charge is 2.31. The highest BCUT2D eigenvalue weighted by molar-refractivity contribution is 7.13. The molecule has 9 heteroatoms. The zero-order valence-corrected chi connectivity index (χ0v) is 17.2. The number of carbonyl (C=O) groups is 1. The quantitative estimate of drug-likeness (QED) is 0.549. The van der Waals surface area contributed by atoms with Gasteiger partial charge < -0.3 is 4.90 Å². The van der Waals surface area contributed by atoms with Crippen molar-refractivity contribution >= 4 is 17.2 Å². The zero-order chi connectivity index (χ0) is 21.3. The van der Waals surface area contributed by atoms with Crippen LogP contribution in [0.3, 0.4) is 0 Å². The van der Waals surface area contributed by atoms with E-state index in [2.05, 4.69) is 10.1 Å². The fourth-order valence-corrected chi connectivity index (χ4v) is 4.49. The number of hydrogen-bond acceptors (Lipinski definition) is 4. The van der Waals surface area contributed by atoms with Crippen LogP contribution >= 0.6 is 11.3 Å². The van der Waals surface area contributed by atoms with Crippen molar-refractivity contribution in [1.82, 2.24) is 19.7 Å². The van der Waals surface area contributed by atoms with Gasteiger partial charge in [-0.25, -0.2) is 9.67 Å². The molecule has 5 nitrogen and oxygen atoms in total. The fraction of sp³-hybridized carbons (Fsp3) is 0.381. The van der Waals surface area contributed by atoms with Gasteiger partial charge in [-0.05, 0) is 48.4 Å². The molecule has 0 aliphatic heterocycles. The molecule has 0 bridgehead atoms. The van der Waals surface area contributed by atoms with Crippen molar-refractivity contribution in [3.63, 3.8) is 0 Å². The third kappa shape index (κ3) is 4.26. The van der Waals surface area contributed by atoms with E-state index in [1.807, 2.05) is 11.4 Å². The number of amides is 1. The minimum Gasteiger partial charge on any atom is -0.339 e. The van der Waals surface area contributed by atoms with Crippen molar-refractivity contribution < 1.29 is 18.0 Å². The van der Waals surface area contributed by atoms with Gasteiger partial charge in [0.05, 0.1) is 16.1 Å². The molecule has 1 saturated carbocycles. The molecule has 0 spiro atoms. The lowest BCUT2D eigenvalue weighted by atomic mass is 10.1. The summed E-state index contributed by atoms with van der Waals surface area (Å²) in [4.78, 5) is 19.7. The summed E-state index contributed by atoms with van der Waals surface area (Å²) < 4.78 is 40.9. The van der Waals surface area contributed by atoms with Gasteiger partial charge in [0.15, 0.2) is 5.82 Å². The molecule has 2 heterocycles. The van der Waals surface area contributed by atoms with E-state index in [1.165, 1.54) is 41.0 Å². The van der Waals surface area contributed by atoms with Crippen molar-refractivity contribution in [2.75, 3.05) is 13.6 Å². The molecular weight excluding hydrogens is 413 g/mol. The van der Waals surface area contributed by atoms with E-state index in [9.17, 15) is 18.0 Å². The molecule has 0 radical (unpaired) electrons. The van der Waals surface area contributed by atoms with E-state index in [0.29, 0.717) is 18.3 Å². The maximum atomic E-state index is 13.2. The molecule has 0 atom stereocenters. The number of aromatic nitrogens is 3. The van der Waals surface area contributed by atoms with E-state index in [0.717, 1.165) is 29.9 Å². The number of halogens is 3. The van der Waals surface area contributed by atoms with Gasteiger partial charge in [-0.1, -0.05) is 25.0 Å². The van der Waals surface area contributed by atoms with Crippen LogP contribution in [0.25, 0.3) is 16.4 Å². The predicted octanol–water partition coefficient (Wildman–Crippen LogP) is 5.28. The van der Waals surface area contributed by atoms with Crippen molar-refractivity contribution in [1.29, 1.82) is 0 Å². The minimum absolute atomic E-state index is 0.0173. The lowest BCUT2D eigenvalue weighted by Crippen LogP contribution is -2.32. The molecule has 0 N–H and O–H groups in total. The Bertz CT molecular complexity index is 1020. The summed E-state index contributed by atoms with van der Waals surface area (Å²) >= 11 is 1.38. The molecule has 4 rings (SSSR count). The first-order valence-corrected chi connectivity index (χ1v) is 10.6. The first-order chi connectivity index (χ1) is 14.3. The lowest BCUT2D eigenvalue weighted by Gasteiger charge is -2.19. The van der Waals surface area contributed by atoms with Crippen molar-refractivity contribution in [3.8, 4) is 16.4 Å². The number of alkyl halides is 3. The summed E-state index contributed by atoms with van der Waals surface area (Å²) in [7, 11) is 1.72. The second-order valence-electron chi connectivity index (χ2n) is 7.53. The summed E-state index contributed by atoms with van der Waals surface area (Å²) in [5.74, 6) is 0.477. The highest BCUT2D eigenvalue weighted by Crippen LogP contribution is 2.32. The summed E-state index contributed by atoms with van der Waals surface area (Å²) in [6.45, 7) is 0.630. The van der Waals surface area contributed by atoms with Gasteiger partial charge in [0.25, 0.3) is 5.91 Å². The Balaban J connectivity index is 1.70. The maximum Gasteiger partial charge on any atom is 0.416 e. The van der Waals surface area contributed by atoms with Gasteiger partial charge >= 0.3 is 6.18 Å². The zero-order valence-electron chi connectivity index (χ0n) is 16.4. The topological polar surface area (TPSA) is 51.0 Å². The fourth-order valence-electron chi connectivity index (χ4n) is 3.80. The van der Waals surface area contributed by atoms with Gasteiger partial charge in [-0.3, -0.25) is 4.79 Å². The molecule has 30 heavy (non-hydrogen) atoms. The Labute approximate surface area is 176 Å². The molecule has 1 aliphatic rings. The summed E-state index contributed by atoms with van der Waals surface area (Å²) in [6.07, 6.45) is 0.0868. The van der Waals surface area contributed by atoms with Crippen LogP contribution in [0.4, 0.5) is 13.2 Å². The van der Waals surface area contributed by atoms with E-state index in [4.69, 9.17) is 0 Å². The van der Waals surface area contributed by atoms with Crippen LogP contribution in [0, 0.1) is 5.92 Å². The third-order valence-corrected chi connectivity index (χ3v) is 6.18. The normalized spacial score (nSPS) is 14.9. The number of carbonyl (C=O) groups excluding carboxylic acids is 1. The molecule has 0 unspecified atom stereocenters. The van der Waals surface area contributed by atoms with E-state index in [1.54, 1.807) is 18.0 Å². The Morgan fingerprint density at radius 3 is 2.67 bits per heavy atom. The lowest BCUT2D eigenvalue weighted by molar-refractivity contribution is -0.137. The van der Waals surface area contributed by atoms with Gasteiger partial charge in [0.1, 0.15) is 0 Å². The molecule has 3 aromatic rings. The van der Waals surface area contributed by atoms with Crippen molar-refractivity contribution in [2.45, 2.75) is 31.9 Å². The first kappa shape index (κ1) is 20.6. The number of rotatable bonds is 5. The predicted molar refractivity (Wildman–Crippen MR) is 109 cm³/mol. The molecule has 1 amide bonds.